The number of rotatable bonds is 47. The van der Waals surface area contributed by atoms with Crippen LogP contribution in [0.15, 0.2) is 12.2 Å². The zero-order valence-corrected chi connectivity index (χ0v) is 38.9. The van der Waals surface area contributed by atoms with Crippen LogP contribution in [0.4, 0.5) is 0 Å². The first-order chi connectivity index (χ1) is 27.8. The minimum atomic E-state index is -4.72. The molecule has 0 aromatic rings. The van der Waals surface area contributed by atoms with E-state index in [9.17, 15) is 24.3 Å². The highest BCUT2D eigenvalue weighted by Crippen LogP contribution is 2.36. The number of amides is 1. The van der Waals surface area contributed by atoms with E-state index in [-0.39, 0.29) is 5.91 Å². The molecule has 0 aromatic heterocycles. The number of phosphoric ester groups is 1. The Morgan fingerprint density at radius 3 is 1.07 bits per heavy atom. The van der Waals surface area contributed by atoms with E-state index in [1.807, 2.05) is 6.08 Å². The molecule has 0 bridgehead atoms. The smallest absolute Gasteiger partial charge is 0.387 e. The Labute approximate surface area is 354 Å². The average Bonchev–Trinajstić information content (AvgIpc) is 3.18. The predicted octanol–water partition coefficient (Wildman–Crippen LogP) is 15.5. The molecular formula is C49H98NO6P. The number of hydrogen-bond acceptors (Lipinski definition) is 4. The summed E-state index contributed by atoms with van der Waals surface area (Å²) in [6.07, 6.45) is 55.4. The molecule has 4 N–H and O–H groups in total. The highest BCUT2D eigenvalue weighted by Gasteiger charge is 2.24. The molecule has 0 saturated carbocycles. The maximum atomic E-state index is 12.6. The Bertz CT molecular complexity index is 895. The third kappa shape index (κ3) is 46.2. The van der Waals surface area contributed by atoms with Crippen molar-refractivity contribution >= 4 is 13.7 Å². The number of phosphoric acid groups is 1. The lowest BCUT2D eigenvalue weighted by Gasteiger charge is -2.22. The van der Waals surface area contributed by atoms with E-state index >= 15 is 0 Å². The van der Waals surface area contributed by atoms with E-state index in [1.54, 1.807) is 6.08 Å². The molecule has 0 aliphatic heterocycles. The quantitative estimate of drug-likeness (QED) is 0.0276. The maximum absolute atomic E-state index is 12.6. The van der Waals surface area contributed by atoms with Gasteiger partial charge in [-0.2, -0.15) is 0 Å². The Balaban J connectivity index is 3.80. The number of aliphatic hydroxyl groups is 1. The van der Waals surface area contributed by atoms with Gasteiger partial charge in [-0.3, -0.25) is 9.32 Å². The summed E-state index contributed by atoms with van der Waals surface area (Å²) in [4.78, 5) is 31.0. The highest BCUT2D eigenvalue weighted by atomic mass is 31.2. The predicted molar refractivity (Wildman–Crippen MR) is 246 cm³/mol. The van der Waals surface area contributed by atoms with Crippen molar-refractivity contribution < 1.29 is 28.8 Å². The number of hydrogen-bond donors (Lipinski definition) is 4. The van der Waals surface area contributed by atoms with Crippen LogP contribution in [0.3, 0.4) is 0 Å². The molecule has 8 heteroatoms. The molecule has 0 heterocycles. The Kier molecular flexibility index (Phi) is 44.3. The van der Waals surface area contributed by atoms with Crippen molar-refractivity contribution in [1.29, 1.82) is 0 Å². The molecule has 0 fully saturated rings. The van der Waals surface area contributed by atoms with Crippen LogP contribution < -0.4 is 5.32 Å². The molecule has 57 heavy (non-hydrogen) atoms. The fraction of sp³-hybridized carbons (Fsp3) is 0.939. The highest BCUT2D eigenvalue weighted by molar-refractivity contribution is 7.46. The van der Waals surface area contributed by atoms with Gasteiger partial charge >= 0.3 is 7.82 Å². The van der Waals surface area contributed by atoms with E-state index in [4.69, 9.17) is 0 Å². The van der Waals surface area contributed by atoms with Crippen molar-refractivity contribution in [1.82, 2.24) is 5.32 Å². The number of aliphatic hydroxyl groups excluding tert-OH is 1. The van der Waals surface area contributed by atoms with Gasteiger partial charge in [0.1, 0.15) is 0 Å². The standard InChI is InChI=1S/C49H98NO6P/c1-3-5-7-9-11-13-15-17-19-21-22-23-24-25-26-27-29-31-33-35-37-39-41-43-45-49(52)50-47(46-56-57(53,54)55)48(51)44-42-40-38-36-34-32-30-28-20-18-16-14-12-10-8-6-4-2/h42,44,47-48,51H,3-41,43,45-46H2,1-2H3,(H,50,52)(H2,53,54,55)/b44-42+/t47-,48+/m0/s1. The van der Waals surface area contributed by atoms with Gasteiger partial charge in [-0.25, -0.2) is 4.57 Å². The van der Waals surface area contributed by atoms with Crippen LogP contribution in [-0.2, 0) is 13.9 Å². The summed E-state index contributed by atoms with van der Waals surface area (Å²) < 4.78 is 16.0. The third-order valence-corrected chi connectivity index (χ3v) is 12.2. The molecule has 0 unspecified atom stereocenters. The number of nitrogens with one attached hydrogen (secondary N) is 1. The first-order valence-corrected chi connectivity index (χ1v) is 26.7. The minimum Gasteiger partial charge on any atom is -0.387 e. The molecule has 1 amide bonds. The molecule has 0 radical (unpaired) electrons. The monoisotopic (exact) mass is 828 g/mol. The molecule has 2 atom stereocenters. The second-order valence-corrected chi connectivity index (χ2v) is 18.7. The van der Waals surface area contributed by atoms with Gasteiger partial charge in [0.15, 0.2) is 0 Å². The topological polar surface area (TPSA) is 116 Å². The van der Waals surface area contributed by atoms with Gasteiger partial charge in [-0.1, -0.05) is 264 Å². The van der Waals surface area contributed by atoms with Crippen molar-refractivity contribution in [3.63, 3.8) is 0 Å². The lowest BCUT2D eigenvalue weighted by Crippen LogP contribution is -2.45. The van der Waals surface area contributed by atoms with Gasteiger partial charge in [-0.05, 0) is 19.3 Å². The van der Waals surface area contributed by atoms with Gasteiger partial charge in [0.25, 0.3) is 0 Å². The van der Waals surface area contributed by atoms with Crippen molar-refractivity contribution in [2.75, 3.05) is 6.61 Å². The van der Waals surface area contributed by atoms with E-state index < -0.39 is 26.6 Å². The zero-order chi connectivity index (χ0) is 41.8. The van der Waals surface area contributed by atoms with Crippen molar-refractivity contribution in [2.24, 2.45) is 0 Å². The molecule has 0 aromatic carbocycles. The molecule has 7 nitrogen and oxygen atoms in total. The Hall–Kier alpha value is -0.720. The molecule has 0 aliphatic carbocycles. The molecule has 0 saturated heterocycles. The van der Waals surface area contributed by atoms with Crippen LogP contribution >= 0.6 is 7.82 Å². The van der Waals surface area contributed by atoms with Gasteiger partial charge in [0.05, 0.1) is 18.8 Å². The van der Waals surface area contributed by atoms with Crippen molar-refractivity contribution in [3.05, 3.63) is 12.2 Å². The largest absolute Gasteiger partial charge is 0.469 e. The van der Waals surface area contributed by atoms with Crippen molar-refractivity contribution in [2.45, 2.75) is 289 Å². The minimum absolute atomic E-state index is 0.219. The summed E-state index contributed by atoms with van der Waals surface area (Å²) in [7, 11) is -4.72. The van der Waals surface area contributed by atoms with Crippen molar-refractivity contribution in [3.8, 4) is 0 Å². The lowest BCUT2D eigenvalue weighted by molar-refractivity contribution is -0.123. The van der Waals surface area contributed by atoms with Crippen LogP contribution in [0.25, 0.3) is 0 Å². The van der Waals surface area contributed by atoms with E-state index in [1.165, 1.54) is 218 Å². The zero-order valence-electron chi connectivity index (χ0n) is 38.0. The molecule has 0 rings (SSSR count). The maximum Gasteiger partial charge on any atom is 0.469 e. The van der Waals surface area contributed by atoms with Crippen LogP contribution in [0.5, 0.6) is 0 Å². The molecule has 0 spiro atoms. The van der Waals surface area contributed by atoms with Crippen LogP contribution in [-0.4, -0.2) is 39.6 Å². The number of carbonyl (C=O) groups excluding carboxylic acids is 1. The average molecular weight is 828 g/mol. The lowest BCUT2D eigenvalue weighted by atomic mass is 10.0. The van der Waals surface area contributed by atoms with Gasteiger partial charge in [-0.15, -0.1) is 0 Å². The van der Waals surface area contributed by atoms with Gasteiger partial charge in [0, 0.05) is 6.42 Å². The summed E-state index contributed by atoms with van der Waals surface area (Å²) in [5, 5.41) is 13.5. The number of carbonyl (C=O) groups is 1. The SMILES string of the molecule is CCCCCCCCCCCCCCCCC/C=C/[C@@H](O)[C@H](COP(=O)(O)O)NC(=O)CCCCCCCCCCCCCCCCCCCCCCCCCC. The fourth-order valence-electron chi connectivity index (χ4n) is 7.93. The molecule has 340 valence electrons. The third-order valence-electron chi connectivity index (χ3n) is 11.7. The second-order valence-electron chi connectivity index (χ2n) is 17.5. The molecule has 0 aliphatic rings. The summed E-state index contributed by atoms with van der Waals surface area (Å²) in [6, 6.07) is -0.906. The van der Waals surface area contributed by atoms with E-state index in [0.717, 1.165) is 38.5 Å². The Morgan fingerprint density at radius 2 is 0.772 bits per heavy atom. The summed E-state index contributed by atoms with van der Waals surface area (Å²) in [5.41, 5.74) is 0. The Morgan fingerprint density at radius 1 is 0.491 bits per heavy atom. The summed E-state index contributed by atoms with van der Waals surface area (Å²) in [5.74, 6) is -0.219. The van der Waals surface area contributed by atoms with E-state index in [2.05, 4.69) is 23.7 Å². The van der Waals surface area contributed by atoms with E-state index in [0.29, 0.717) is 6.42 Å². The normalized spacial score (nSPS) is 13.1. The fourth-order valence-corrected chi connectivity index (χ4v) is 8.29. The summed E-state index contributed by atoms with van der Waals surface area (Å²) in [6.45, 7) is 4.11. The van der Waals surface area contributed by atoms with Gasteiger partial charge in [0.2, 0.25) is 5.91 Å². The molecular weight excluding hydrogens is 730 g/mol. The van der Waals surface area contributed by atoms with Crippen LogP contribution in [0.2, 0.25) is 0 Å². The first-order valence-electron chi connectivity index (χ1n) is 25.1. The number of allylic oxidation sites excluding steroid dienone is 1. The van der Waals surface area contributed by atoms with Crippen LogP contribution in [0, 0.1) is 0 Å². The number of unbranched alkanes of at least 4 members (excludes halogenated alkanes) is 38. The second kappa shape index (κ2) is 44.8. The summed E-state index contributed by atoms with van der Waals surface area (Å²) >= 11 is 0. The first kappa shape index (κ1) is 56.3. The van der Waals surface area contributed by atoms with Gasteiger partial charge < -0.3 is 20.2 Å². The van der Waals surface area contributed by atoms with Crippen LogP contribution in [0.1, 0.15) is 277 Å².